The number of nitrogens with zero attached hydrogens (tertiary/aromatic N) is 3. The van der Waals surface area contributed by atoms with Crippen molar-refractivity contribution >= 4 is 36.4 Å². The van der Waals surface area contributed by atoms with E-state index in [1.807, 2.05) is 24.4 Å². The third-order valence-electron chi connectivity index (χ3n) is 5.04. The molecule has 2 saturated carbocycles. The van der Waals surface area contributed by atoms with Crippen LogP contribution in [0.3, 0.4) is 0 Å². The molecule has 2 aliphatic rings. The van der Waals surface area contributed by atoms with Crippen LogP contribution in [0.2, 0.25) is 0 Å². The van der Waals surface area contributed by atoms with Gasteiger partial charge in [-0.15, -0.1) is 24.8 Å². The molecule has 0 saturated heterocycles. The molecule has 0 radical (unpaired) electrons. The first-order valence-corrected chi connectivity index (χ1v) is 7.75. The van der Waals surface area contributed by atoms with Crippen molar-refractivity contribution in [2.24, 2.45) is 23.5 Å². The van der Waals surface area contributed by atoms with Crippen LogP contribution in [-0.2, 0) is 4.79 Å². The molecule has 0 spiro atoms. The molecule has 6 nitrogen and oxygen atoms in total. The normalized spacial score (nSPS) is 27.2. The third kappa shape index (κ3) is 3.27. The molecule has 24 heavy (non-hydrogen) atoms. The highest BCUT2D eigenvalue weighted by molar-refractivity contribution is 5.93. The van der Waals surface area contributed by atoms with Crippen molar-refractivity contribution in [3.05, 3.63) is 36.8 Å². The number of amides is 1. The molecule has 2 aromatic rings. The van der Waals surface area contributed by atoms with Gasteiger partial charge in [0.1, 0.15) is 0 Å². The highest BCUT2D eigenvalue weighted by atomic mass is 35.5. The van der Waals surface area contributed by atoms with Crippen molar-refractivity contribution in [2.75, 3.05) is 5.32 Å². The number of aromatic nitrogens is 3. The van der Waals surface area contributed by atoms with Gasteiger partial charge in [-0.1, -0.05) is 0 Å². The van der Waals surface area contributed by atoms with Crippen LogP contribution in [0.1, 0.15) is 19.3 Å². The van der Waals surface area contributed by atoms with Crippen molar-refractivity contribution in [2.45, 2.75) is 25.3 Å². The highest BCUT2D eigenvalue weighted by Crippen LogP contribution is 2.47. The smallest absolute Gasteiger partial charge is 0.229 e. The zero-order valence-electron chi connectivity index (χ0n) is 13.0. The lowest BCUT2D eigenvalue weighted by Gasteiger charge is -2.26. The number of halogens is 2. The van der Waals surface area contributed by atoms with Gasteiger partial charge in [-0.05, 0) is 49.3 Å². The second-order valence-corrected chi connectivity index (χ2v) is 6.28. The van der Waals surface area contributed by atoms with Gasteiger partial charge >= 0.3 is 0 Å². The Morgan fingerprint density at radius 1 is 1.25 bits per heavy atom. The van der Waals surface area contributed by atoms with E-state index in [0.29, 0.717) is 17.5 Å². The third-order valence-corrected chi connectivity index (χ3v) is 5.04. The van der Waals surface area contributed by atoms with Crippen LogP contribution in [0.4, 0.5) is 5.69 Å². The average molecular weight is 370 g/mol. The van der Waals surface area contributed by atoms with Crippen LogP contribution in [0.25, 0.3) is 5.82 Å². The average Bonchev–Trinajstić information content (AvgIpc) is 3.25. The van der Waals surface area contributed by atoms with E-state index in [1.54, 1.807) is 17.1 Å². The maximum absolute atomic E-state index is 12.5. The summed E-state index contributed by atoms with van der Waals surface area (Å²) in [7, 11) is 0. The molecule has 4 atom stereocenters. The molecule has 2 aromatic heterocycles. The minimum absolute atomic E-state index is 0. The van der Waals surface area contributed by atoms with Crippen molar-refractivity contribution < 1.29 is 4.79 Å². The van der Waals surface area contributed by atoms with Gasteiger partial charge in [-0.25, -0.2) is 9.67 Å². The Kier molecular flexibility index (Phi) is 5.85. The highest BCUT2D eigenvalue weighted by Gasteiger charge is 2.49. The van der Waals surface area contributed by atoms with Crippen LogP contribution in [0.5, 0.6) is 0 Å². The molecule has 4 rings (SSSR count). The number of rotatable bonds is 3. The quantitative estimate of drug-likeness (QED) is 0.869. The number of nitrogens with one attached hydrogen (secondary N) is 1. The van der Waals surface area contributed by atoms with E-state index in [-0.39, 0.29) is 42.7 Å². The summed E-state index contributed by atoms with van der Waals surface area (Å²) < 4.78 is 1.68. The van der Waals surface area contributed by atoms with Gasteiger partial charge in [0, 0.05) is 18.4 Å². The Hall–Kier alpha value is -1.63. The van der Waals surface area contributed by atoms with E-state index in [9.17, 15) is 4.79 Å². The first-order chi connectivity index (χ1) is 10.7. The lowest BCUT2D eigenvalue weighted by atomic mass is 9.84. The number of pyridine rings is 1. The molecule has 0 aliphatic heterocycles. The molecule has 2 heterocycles. The number of hydrogen-bond donors (Lipinski definition) is 2. The number of hydrogen-bond acceptors (Lipinski definition) is 4. The van der Waals surface area contributed by atoms with E-state index in [2.05, 4.69) is 15.4 Å². The SMILES string of the molecule is Cl.Cl.NC1C2CCC(C2)C1C(=O)Nc1ccc(-n2cccn2)nc1. The largest absolute Gasteiger partial charge is 0.327 e. The van der Waals surface area contributed by atoms with E-state index in [4.69, 9.17) is 5.73 Å². The summed E-state index contributed by atoms with van der Waals surface area (Å²) in [4.78, 5) is 16.8. The van der Waals surface area contributed by atoms with E-state index >= 15 is 0 Å². The predicted molar refractivity (Wildman–Crippen MR) is 96.8 cm³/mol. The number of anilines is 1. The maximum Gasteiger partial charge on any atom is 0.229 e. The van der Waals surface area contributed by atoms with Crippen molar-refractivity contribution in [3.63, 3.8) is 0 Å². The fraction of sp³-hybridized carbons (Fsp3) is 0.438. The molecule has 1 amide bonds. The second-order valence-electron chi connectivity index (χ2n) is 6.28. The summed E-state index contributed by atoms with van der Waals surface area (Å²) >= 11 is 0. The van der Waals surface area contributed by atoms with Gasteiger partial charge < -0.3 is 11.1 Å². The number of nitrogens with two attached hydrogens (primary N) is 1. The molecule has 8 heteroatoms. The Balaban J connectivity index is 0.00000104. The summed E-state index contributed by atoms with van der Waals surface area (Å²) in [5, 5.41) is 7.09. The van der Waals surface area contributed by atoms with Crippen LogP contribution in [-0.4, -0.2) is 26.7 Å². The summed E-state index contributed by atoms with van der Waals surface area (Å²) in [5.74, 6) is 1.69. The number of carbonyl (C=O) groups excluding carboxylic acids is 1. The van der Waals surface area contributed by atoms with Crippen molar-refractivity contribution in [1.29, 1.82) is 0 Å². The zero-order chi connectivity index (χ0) is 15.1. The van der Waals surface area contributed by atoms with E-state index in [1.165, 1.54) is 6.42 Å². The Morgan fingerprint density at radius 2 is 2.04 bits per heavy atom. The van der Waals surface area contributed by atoms with Crippen molar-refractivity contribution in [1.82, 2.24) is 14.8 Å². The maximum atomic E-state index is 12.5. The minimum Gasteiger partial charge on any atom is -0.327 e. The molecule has 2 fully saturated rings. The van der Waals surface area contributed by atoms with Crippen LogP contribution < -0.4 is 11.1 Å². The first-order valence-electron chi connectivity index (χ1n) is 7.75. The molecule has 130 valence electrons. The van der Waals surface area contributed by atoms with Crippen LogP contribution in [0.15, 0.2) is 36.8 Å². The zero-order valence-corrected chi connectivity index (χ0v) is 14.7. The Labute approximate surface area is 153 Å². The minimum atomic E-state index is -0.0514. The Morgan fingerprint density at radius 3 is 2.62 bits per heavy atom. The lowest BCUT2D eigenvalue weighted by Crippen LogP contribution is -2.42. The molecular weight excluding hydrogens is 349 g/mol. The summed E-state index contributed by atoms with van der Waals surface area (Å²) in [6.07, 6.45) is 8.61. The summed E-state index contributed by atoms with van der Waals surface area (Å²) in [6.45, 7) is 0. The number of carbonyl (C=O) groups is 1. The molecular formula is C16H21Cl2N5O. The molecule has 2 aliphatic carbocycles. The lowest BCUT2D eigenvalue weighted by molar-refractivity contribution is -0.121. The first kappa shape index (κ1) is 18.7. The van der Waals surface area contributed by atoms with Gasteiger partial charge in [0.05, 0.1) is 17.8 Å². The second kappa shape index (κ2) is 7.51. The topological polar surface area (TPSA) is 85.8 Å². The van der Waals surface area contributed by atoms with E-state index < -0.39 is 0 Å². The van der Waals surface area contributed by atoms with Crippen LogP contribution >= 0.6 is 24.8 Å². The van der Waals surface area contributed by atoms with Gasteiger partial charge in [-0.2, -0.15) is 5.10 Å². The van der Waals surface area contributed by atoms with Gasteiger partial charge in [-0.3, -0.25) is 4.79 Å². The van der Waals surface area contributed by atoms with E-state index in [0.717, 1.165) is 18.7 Å². The molecule has 0 aromatic carbocycles. The summed E-state index contributed by atoms with van der Waals surface area (Å²) in [5.41, 5.74) is 6.92. The molecule has 4 unspecified atom stereocenters. The van der Waals surface area contributed by atoms with Gasteiger partial charge in [0.25, 0.3) is 0 Å². The van der Waals surface area contributed by atoms with Gasteiger partial charge in [0.2, 0.25) is 5.91 Å². The van der Waals surface area contributed by atoms with Gasteiger partial charge in [0.15, 0.2) is 5.82 Å². The Bertz CT molecular complexity index is 674. The standard InChI is InChI=1S/C16H19N5O.2ClH/c17-15-11-3-2-10(8-11)14(15)16(22)20-12-4-5-13(18-9-12)21-7-1-6-19-21;;/h1,4-7,9-11,14-15H,2-3,8,17H2,(H,20,22);2*1H. The molecule has 3 N–H and O–H groups in total. The monoisotopic (exact) mass is 369 g/mol. The fourth-order valence-electron chi connectivity index (χ4n) is 3.95. The van der Waals surface area contributed by atoms with Crippen molar-refractivity contribution in [3.8, 4) is 5.82 Å². The summed E-state index contributed by atoms with van der Waals surface area (Å²) in [6, 6.07) is 5.53. The fourth-order valence-corrected chi connectivity index (χ4v) is 3.95. The predicted octanol–water partition coefficient (Wildman–Crippen LogP) is 2.42. The molecule has 2 bridgehead atoms. The number of fused-ring (bicyclic) bond motifs is 2. The van der Waals surface area contributed by atoms with Crippen LogP contribution in [0, 0.1) is 17.8 Å².